The second-order valence-corrected chi connectivity index (χ2v) is 6.70. The summed E-state index contributed by atoms with van der Waals surface area (Å²) in [5.41, 5.74) is 2.71. The largest absolute Gasteiger partial charge is 0.376 e. The third-order valence-corrected chi connectivity index (χ3v) is 4.89. The number of amides is 1. The first-order valence-corrected chi connectivity index (χ1v) is 9.18. The molecule has 2 heterocycles. The summed E-state index contributed by atoms with van der Waals surface area (Å²) in [6.45, 7) is 1.35. The van der Waals surface area contributed by atoms with Crippen LogP contribution in [0.2, 0.25) is 0 Å². The lowest BCUT2D eigenvalue weighted by Gasteiger charge is -2.23. The molecule has 5 heteroatoms. The Morgan fingerprint density at radius 1 is 1.12 bits per heavy atom. The van der Waals surface area contributed by atoms with Crippen LogP contribution in [0.1, 0.15) is 30.9 Å². The van der Waals surface area contributed by atoms with Gasteiger partial charge in [0.25, 0.3) is 5.91 Å². The second-order valence-electron chi connectivity index (χ2n) is 6.70. The summed E-state index contributed by atoms with van der Waals surface area (Å²) in [5.74, 6) is -0.0973. The summed E-state index contributed by atoms with van der Waals surface area (Å²) in [4.78, 5) is 12.6. The number of hydrazone groups is 1. The van der Waals surface area contributed by atoms with Gasteiger partial charge in [0.2, 0.25) is 0 Å². The van der Waals surface area contributed by atoms with Crippen molar-refractivity contribution >= 4 is 17.3 Å². The molecule has 0 spiro atoms. The molecule has 2 aromatic rings. The molecule has 0 bridgehead atoms. The topological polar surface area (TPSA) is 53.9 Å². The van der Waals surface area contributed by atoms with Gasteiger partial charge in [-0.3, -0.25) is 9.80 Å². The first-order chi connectivity index (χ1) is 12.8. The van der Waals surface area contributed by atoms with Crippen molar-refractivity contribution in [3.05, 3.63) is 66.2 Å². The molecular weight excluding hydrogens is 326 g/mol. The third kappa shape index (κ3) is 3.63. The normalized spacial score (nSPS) is 22.3. The zero-order valence-corrected chi connectivity index (χ0v) is 14.7. The van der Waals surface area contributed by atoms with Crippen LogP contribution in [0.25, 0.3) is 0 Å². The predicted molar refractivity (Wildman–Crippen MR) is 102 cm³/mol. The lowest BCUT2D eigenvalue weighted by molar-refractivity contribution is -0.115. The van der Waals surface area contributed by atoms with Gasteiger partial charge >= 0.3 is 0 Å². The van der Waals surface area contributed by atoms with Crippen molar-refractivity contribution in [1.29, 1.82) is 0 Å². The van der Waals surface area contributed by atoms with Crippen LogP contribution in [-0.4, -0.2) is 30.9 Å². The summed E-state index contributed by atoms with van der Waals surface area (Å²) in [6, 6.07) is 20.2. The average Bonchev–Trinajstić information content (AvgIpc) is 3.37. The van der Waals surface area contributed by atoms with Crippen LogP contribution in [-0.2, 0) is 9.53 Å². The number of carbonyl (C=O) groups is 1. The molecule has 2 aromatic carbocycles. The molecule has 0 aliphatic carbocycles. The summed E-state index contributed by atoms with van der Waals surface area (Å²) in [7, 11) is 0. The Morgan fingerprint density at radius 3 is 2.54 bits per heavy atom. The minimum absolute atomic E-state index is 0.0297. The number of anilines is 1. The van der Waals surface area contributed by atoms with Crippen molar-refractivity contribution in [3.8, 4) is 0 Å². The molecule has 0 aromatic heterocycles. The van der Waals surface area contributed by atoms with Crippen LogP contribution in [0, 0.1) is 0 Å². The number of nitrogens with one attached hydrogen (secondary N) is 1. The van der Waals surface area contributed by atoms with E-state index in [1.165, 1.54) is 0 Å². The Labute approximate surface area is 153 Å². The molecule has 0 unspecified atom stereocenters. The molecule has 1 N–H and O–H groups in total. The number of nitrogens with zero attached hydrogens (tertiary/aromatic N) is 2. The predicted octanol–water partition coefficient (Wildman–Crippen LogP) is 3.29. The molecule has 2 atom stereocenters. The van der Waals surface area contributed by atoms with Crippen LogP contribution < -0.4 is 10.3 Å². The van der Waals surface area contributed by atoms with Gasteiger partial charge in [-0.2, -0.15) is 5.10 Å². The van der Waals surface area contributed by atoms with Gasteiger partial charge < -0.3 is 10.1 Å². The Kier molecular flexibility index (Phi) is 4.97. The molecule has 4 rings (SSSR count). The quantitative estimate of drug-likeness (QED) is 0.901. The number of para-hydroxylation sites is 1. The number of carbonyl (C=O) groups excluding carboxylic acids is 1. The van der Waals surface area contributed by atoms with Crippen LogP contribution in [0.3, 0.4) is 0 Å². The molecule has 2 aliphatic heterocycles. The zero-order chi connectivity index (χ0) is 17.8. The number of rotatable bonds is 5. The maximum absolute atomic E-state index is 12.6. The molecule has 134 valence electrons. The van der Waals surface area contributed by atoms with E-state index in [0.29, 0.717) is 18.7 Å². The first-order valence-electron chi connectivity index (χ1n) is 9.18. The van der Waals surface area contributed by atoms with Gasteiger partial charge in [0.15, 0.2) is 0 Å². The van der Waals surface area contributed by atoms with Crippen molar-refractivity contribution in [1.82, 2.24) is 5.32 Å². The highest BCUT2D eigenvalue weighted by Gasteiger charge is 2.32. The summed E-state index contributed by atoms with van der Waals surface area (Å²) in [6.07, 6.45) is 2.81. The standard InChI is InChI=1S/C21H23N3O2/c25-21(22-15-18-12-7-13-26-18)19-14-20(16-8-3-1-4-9-16)24(23-19)17-10-5-2-6-11-17/h1-6,8-11,18,20H,7,12-15H2,(H,22,25)/t18-,20+/m1/s1. The van der Waals surface area contributed by atoms with E-state index < -0.39 is 0 Å². The van der Waals surface area contributed by atoms with E-state index in [2.05, 4.69) is 22.6 Å². The SMILES string of the molecule is O=C(NC[C@H]1CCCO1)C1=NN(c2ccccc2)[C@H](c2ccccc2)C1. The monoisotopic (exact) mass is 349 g/mol. The molecule has 26 heavy (non-hydrogen) atoms. The Hall–Kier alpha value is -2.66. The van der Waals surface area contributed by atoms with E-state index in [1.54, 1.807) is 0 Å². The highest BCUT2D eigenvalue weighted by molar-refractivity contribution is 6.39. The zero-order valence-electron chi connectivity index (χ0n) is 14.7. The Bertz CT molecular complexity index is 770. The average molecular weight is 349 g/mol. The molecule has 1 amide bonds. The molecule has 0 saturated carbocycles. The lowest BCUT2D eigenvalue weighted by atomic mass is 10.0. The summed E-state index contributed by atoms with van der Waals surface area (Å²) < 4.78 is 5.58. The van der Waals surface area contributed by atoms with Crippen molar-refractivity contribution in [2.75, 3.05) is 18.2 Å². The molecule has 5 nitrogen and oxygen atoms in total. The van der Waals surface area contributed by atoms with E-state index in [-0.39, 0.29) is 18.1 Å². The van der Waals surface area contributed by atoms with Crippen LogP contribution >= 0.6 is 0 Å². The molecule has 1 fully saturated rings. The minimum atomic E-state index is -0.0973. The molecule has 1 saturated heterocycles. The van der Waals surface area contributed by atoms with E-state index >= 15 is 0 Å². The molecular formula is C21H23N3O2. The Balaban J connectivity index is 1.52. The van der Waals surface area contributed by atoms with E-state index in [9.17, 15) is 4.79 Å². The molecule has 0 radical (unpaired) electrons. The van der Waals surface area contributed by atoms with Crippen LogP contribution in [0.5, 0.6) is 0 Å². The van der Waals surface area contributed by atoms with Gasteiger partial charge in [0.05, 0.1) is 17.8 Å². The first kappa shape index (κ1) is 16.8. The van der Waals surface area contributed by atoms with Crippen molar-refractivity contribution in [3.63, 3.8) is 0 Å². The van der Waals surface area contributed by atoms with Gasteiger partial charge in [0, 0.05) is 19.6 Å². The number of hydrogen-bond donors (Lipinski definition) is 1. The molecule has 2 aliphatic rings. The van der Waals surface area contributed by atoms with Crippen LogP contribution in [0.4, 0.5) is 5.69 Å². The fraction of sp³-hybridized carbons (Fsp3) is 0.333. The van der Waals surface area contributed by atoms with Crippen LogP contribution in [0.15, 0.2) is 65.8 Å². The third-order valence-electron chi connectivity index (χ3n) is 4.89. The maximum atomic E-state index is 12.6. The van der Waals surface area contributed by atoms with Gasteiger partial charge in [-0.25, -0.2) is 0 Å². The van der Waals surface area contributed by atoms with Crippen molar-refractivity contribution in [2.24, 2.45) is 5.10 Å². The fourth-order valence-electron chi connectivity index (χ4n) is 3.51. The van der Waals surface area contributed by atoms with Crippen molar-refractivity contribution < 1.29 is 9.53 Å². The van der Waals surface area contributed by atoms with E-state index in [4.69, 9.17) is 4.74 Å². The smallest absolute Gasteiger partial charge is 0.267 e. The lowest BCUT2D eigenvalue weighted by Crippen LogP contribution is -2.36. The summed E-state index contributed by atoms with van der Waals surface area (Å²) >= 11 is 0. The van der Waals surface area contributed by atoms with Crippen molar-refractivity contribution in [2.45, 2.75) is 31.4 Å². The number of benzene rings is 2. The number of hydrogen-bond acceptors (Lipinski definition) is 4. The fourth-order valence-corrected chi connectivity index (χ4v) is 3.51. The second kappa shape index (κ2) is 7.70. The minimum Gasteiger partial charge on any atom is -0.376 e. The van der Waals surface area contributed by atoms with E-state index in [1.807, 2.05) is 53.5 Å². The van der Waals surface area contributed by atoms with Gasteiger partial charge in [-0.1, -0.05) is 48.5 Å². The Morgan fingerprint density at radius 2 is 1.85 bits per heavy atom. The van der Waals surface area contributed by atoms with Gasteiger partial charge in [-0.05, 0) is 30.5 Å². The maximum Gasteiger partial charge on any atom is 0.267 e. The summed E-state index contributed by atoms with van der Waals surface area (Å²) in [5, 5.41) is 9.60. The van der Waals surface area contributed by atoms with Gasteiger partial charge in [-0.15, -0.1) is 0 Å². The van der Waals surface area contributed by atoms with Gasteiger partial charge in [0.1, 0.15) is 5.71 Å². The highest BCUT2D eigenvalue weighted by Crippen LogP contribution is 2.34. The number of ether oxygens (including phenoxy) is 1. The van der Waals surface area contributed by atoms with E-state index in [0.717, 1.165) is 30.7 Å². The highest BCUT2D eigenvalue weighted by atomic mass is 16.5.